The molecular weight excluding hydrogens is 314 g/mol. The Morgan fingerprint density at radius 3 is 2.32 bits per heavy atom. The van der Waals surface area contributed by atoms with Gasteiger partial charge in [0.15, 0.2) is 0 Å². The molecule has 0 amide bonds. The zero-order chi connectivity index (χ0) is 16.7. The highest BCUT2D eigenvalue weighted by Gasteiger charge is 2.25. The molecule has 0 spiro atoms. The van der Waals surface area contributed by atoms with Crippen LogP contribution in [0.2, 0.25) is 0 Å². The van der Waals surface area contributed by atoms with Gasteiger partial charge >= 0.3 is 0 Å². The molecule has 2 rings (SSSR count). The van der Waals surface area contributed by atoms with Crippen molar-refractivity contribution in [3.05, 3.63) is 41.1 Å². The van der Waals surface area contributed by atoms with E-state index in [2.05, 4.69) is 9.88 Å². The smallest absolute Gasteiger partial charge is 0.267 e. The number of rotatable bonds is 3. The number of aromatic nitrogens is 1. The standard InChI is InChI=1S/C14H16F2N2O3S/c1-8-5-11(10(16)6-9(8)15)22(19,20)18-13-7-12(17-21-13)14(2,3)4/h5-7,18H,1-4H3. The maximum absolute atomic E-state index is 13.7. The fourth-order valence-electron chi connectivity index (χ4n) is 1.70. The van der Waals surface area contributed by atoms with Gasteiger partial charge in [-0.1, -0.05) is 25.9 Å². The molecule has 120 valence electrons. The van der Waals surface area contributed by atoms with Crippen LogP contribution in [0, 0.1) is 18.6 Å². The summed E-state index contributed by atoms with van der Waals surface area (Å²) in [6, 6.07) is 2.88. The van der Waals surface area contributed by atoms with E-state index >= 15 is 0 Å². The van der Waals surface area contributed by atoms with Gasteiger partial charge in [0.2, 0.25) is 5.88 Å². The number of anilines is 1. The van der Waals surface area contributed by atoms with Crippen molar-refractivity contribution < 1.29 is 21.7 Å². The van der Waals surface area contributed by atoms with Crippen LogP contribution in [0.1, 0.15) is 32.0 Å². The number of nitrogens with one attached hydrogen (secondary N) is 1. The average molecular weight is 330 g/mol. The monoisotopic (exact) mass is 330 g/mol. The number of halogens is 2. The zero-order valence-electron chi connectivity index (χ0n) is 12.6. The molecular formula is C14H16F2N2O3S. The highest BCUT2D eigenvalue weighted by molar-refractivity contribution is 7.92. The molecule has 0 aliphatic carbocycles. The van der Waals surface area contributed by atoms with Crippen LogP contribution in [-0.2, 0) is 15.4 Å². The average Bonchev–Trinajstić information content (AvgIpc) is 2.81. The quantitative estimate of drug-likeness (QED) is 0.936. The minimum Gasteiger partial charge on any atom is -0.338 e. The molecule has 0 saturated carbocycles. The van der Waals surface area contributed by atoms with Crippen LogP contribution in [0.25, 0.3) is 0 Å². The van der Waals surface area contributed by atoms with E-state index in [1.54, 1.807) is 0 Å². The molecule has 8 heteroatoms. The van der Waals surface area contributed by atoms with E-state index in [1.165, 1.54) is 13.0 Å². The summed E-state index contributed by atoms with van der Waals surface area (Å²) in [5.74, 6) is -2.12. The first-order valence-electron chi connectivity index (χ1n) is 6.46. The summed E-state index contributed by atoms with van der Waals surface area (Å²) >= 11 is 0. The van der Waals surface area contributed by atoms with Gasteiger partial charge in [-0.3, -0.25) is 0 Å². The van der Waals surface area contributed by atoms with Crippen LogP contribution < -0.4 is 4.72 Å². The van der Waals surface area contributed by atoms with E-state index in [9.17, 15) is 17.2 Å². The van der Waals surface area contributed by atoms with Crippen molar-refractivity contribution in [3.63, 3.8) is 0 Å². The maximum Gasteiger partial charge on any atom is 0.267 e. The minimum atomic E-state index is -4.24. The molecule has 0 aliphatic heterocycles. The predicted octanol–water partition coefficient (Wildman–Crippen LogP) is 3.36. The van der Waals surface area contributed by atoms with Gasteiger partial charge in [0, 0.05) is 17.5 Å². The molecule has 22 heavy (non-hydrogen) atoms. The van der Waals surface area contributed by atoms with E-state index in [0.717, 1.165) is 6.07 Å². The fraction of sp³-hybridized carbons (Fsp3) is 0.357. The van der Waals surface area contributed by atoms with Crippen LogP contribution in [-0.4, -0.2) is 13.6 Å². The van der Waals surface area contributed by atoms with Gasteiger partial charge < -0.3 is 4.52 Å². The first-order valence-corrected chi connectivity index (χ1v) is 7.95. The Morgan fingerprint density at radius 2 is 1.77 bits per heavy atom. The fourth-order valence-corrected chi connectivity index (χ4v) is 2.82. The molecule has 0 saturated heterocycles. The van der Waals surface area contributed by atoms with Crippen molar-refractivity contribution in [2.45, 2.75) is 38.0 Å². The molecule has 5 nitrogen and oxygen atoms in total. The summed E-state index contributed by atoms with van der Waals surface area (Å²) in [5, 5.41) is 3.76. The Labute approximate surface area is 127 Å². The van der Waals surface area contributed by atoms with Crippen LogP contribution in [0.15, 0.2) is 27.6 Å². The van der Waals surface area contributed by atoms with Gasteiger partial charge in [-0.15, -0.1) is 0 Å². The molecule has 1 heterocycles. The van der Waals surface area contributed by atoms with Crippen LogP contribution >= 0.6 is 0 Å². The lowest BCUT2D eigenvalue weighted by Crippen LogP contribution is -2.15. The van der Waals surface area contributed by atoms with Crippen molar-refractivity contribution in [1.82, 2.24) is 5.16 Å². The molecule has 2 aromatic rings. The summed E-state index contributed by atoms with van der Waals surface area (Å²) in [6.07, 6.45) is 0. The largest absolute Gasteiger partial charge is 0.338 e. The molecule has 0 unspecified atom stereocenters. The Hall–Kier alpha value is -1.96. The van der Waals surface area contributed by atoms with E-state index in [0.29, 0.717) is 11.8 Å². The summed E-state index contributed by atoms with van der Waals surface area (Å²) in [7, 11) is -4.24. The lowest BCUT2D eigenvalue weighted by atomic mass is 9.92. The lowest BCUT2D eigenvalue weighted by Gasteiger charge is -2.12. The molecule has 1 aromatic heterocycles. The maximum atomic E-state index is 13.7. The Bertz CT molecular complexity index is 808. The highest BCUT2D eigenvalue weighted by Crippen LogP contribution is 2.26. The van der Waals surface area contributed by atoms with Crippen LogP contribution in [0.3, 0.4) is 0 Å². The third kappa shape index (κ3) is 3.27. The van der Waals surface area contributed by atoms with Crippen molar-refractivity contribution >= 4 is 15.9 Å². The summed E-state index contributed by atoms with van der Waals surface area (Å²) in [4.78, 5) is -0.653. The summed E-state index contributed by atoms with van der Waals surface area (Å²) in [5.41, 5.74) is 0.237. The van der Waals surface area contributed by atoms with Gasteiger partial charge in [-0.2, -0.15) is 0 Å². The molecule has 0 bridgehead atoms. The normalized spacial score (nSPS) is 12.5. The Balaban J connectivity index is 2.36. The van der Waals surface area contributed by atoms with Gasteiger partial charge in [-0.25, -0.2) is 21.9 Å². The van der Waals surface area contributed by atoms with E-state index in [-0.39, 0.29) is 16.9 Å². The second-order valence-corrected chi connectivity index (χ2v) is 7.61. The molecule has 0 aliphatic rings. The number of sulfonamides is 1. The van der Waals surface area contributed by atoms with Gasteiger partial charge in [0.1, 0.15) is 16.5 Å². The van der Waals surface area contributed by atoms with Crippen molar-refractivity contribution in [1.29, 1.82) is 0 Å². The molecule has 0 atom stereocenters. The lowest BCUT2D eigenvalue weighted by molar-refractivity contribution is 0.405. The minimum absolute atomic E-state index is 0.0229. The number of hydrogen-bond donors (Lipinski definition) is 1. The van der Waals surface area contributed by atoms with Gasteiger partial charge in [-0.05, 0) is 18.6 Å². The summed E-state index contributed by atoms with van der Waals surface area (Å²) < 4.78 is 58.3. The SMILES string of the molecule is Cc1cc(S(=O)(=O)Nc2cc(C(C)(C)C)no2)c(F)cc1F. The van der Waals surface area contributed by atoms with Gasteiger partial charge in [0.25, 0.3) is 10.0 Å². The molecule has 0 fully saturated rings. The number of nitrogens with zero attached hydrogens (tertiary/aromatic N) is 1. The first-order chi connectivity index (χ1) is 10.0. The number of benzene rings is 1. The zero-order valence-corrected chi connectivity index (χ0v) is 13.4. The topological polar surface area (TPSA) is 72.2 Å². The third-order valence-electron chi connectivity index (χ3n) is 3.02. The van der Waals surface area contributed by atoms with E-state index in [1.807, 2.05) is 20.8 Å². The number of hydrogen-bond acceptors (Lipinski definition) is 4. The number of aryl methyl sites for hydroxylation is 1. The highest BCUT2D eigenvalue weighted by atomic mass is 32.2. The molecule has 1 aromatic carbocycles. The second kappa shape index (κ2) is 5.35. The molecule has 1 N–H and O–H groups in total. The van der Waals surface area contributed by atoms with Crippen molar-refractivity contribution in [2.24, 2.45) is 0 Å². The Kier molecular flexibility index (Phi) is 3.99. The first kappa shape index (κ1) is 16.4. The van der Waals surface area contributed by atoms with E-state index < -0.39 is 26.6 Å². The van der Waals surface area contributed by atoms with Crippen molar-refractivity contribution in [2.75, 3.05) is 4.72 Å². The second-order valence-electron chi connectivity index (χ2n) is 5.96. The summed E-state index contributed by atoms with van der Waals surface area (Å²) in [6.45, 7) is 6.99. The van der Waals surface area contributed by atoms with Gasteiger partial charge in [0.05, 0.1) is 5.69 Å². The van der Waals surface area contributed by atoms with Crippen LogP contribution in [0.5, 0.6) is 0 Å². The molecule has 0 radical (unpaired) electrons. The van der Waals surface area contributed by atoms with Crippen LogP contribution in [0.4, 0.5) is 14.7 Å². The predicted molar refractivity (Wildman–Crippen MR) is 77.1 cm³/mol. The van der Waals surface area contributed by atoms with E-state index in [4.69, 9.17) is 4.52 Å². The Morgan fingerprint density at radius 1 is 1.14 bits per heavy atom. The third-order valence-corrected chi connectivity index (χ3v) is 4.38. The van der Waals surface area contributed by atoms with Crippen molar-refractivity contribution in [3.8, 4) is 0 Å².